The zero-order chi connectivity index (χ0) is 26.0. The second kappa shape index (κ2) is 10.0. The lowest BCUT2D eigenvalue weighted by molar-refractivity contribution is -0.385. The minimum Gasteiger partial charge on any atom is -0.452 e. The van der Waals surface area contributed by atoms with Gasteiger partial charge in [0, 0.05) is 28.4 Å². The molecule has 0 saturated heterocycles. The number of anilines is 1. The van der Waals surface area contributed by atoms with E-state index in [1.165, 1.54) is 6.07 Å². The van der Waals surface area contributed by atoms with Crippen molar-refractivity contribution >= 4 is 34.2 Å². The van der Waals surface area contributed by atoms with Crippen LogP contribution in [-0.4, -0.2) is 28.4 Å². The van der Waals surface area contributed by atoms with Crippen LogP contribution in [-0.2, 0) is 22.4 Å². The number of hydrogen-bond donors (Lipinski definition) is 1. The second-order valence-corrected chi connectivity index (χ2v) is 10.1. The van der Waals surface area contributed by atoms with E-state index in [0.717, 1.165) is 42.5 Å². The van der Waals surface area contributed by atoms with Crippen LogP contribution in [0.2, 0.25) is 0 Å². The Bertz CT molecular complexity index is 1350. The van der Waals surface area contributed by atoms with Crippen LogP contribution in [0, 0.1) is 28.4 Å². The molecule has 1 aliphatic carbocycles. The molecular weight excluding hydrogens is 458 g/mol. The van der Waals surface area contributed by atoms with Gasteiger partial charge in [0.15, 0.2) is 6.61 Å². The molecule has 8 heteroatoms. The topological polar surface area (TPSA) is 111 Å². The first-order chi connectivity index (χ1) is 17.1. The third-order valence-corrected chi connectivity index (χ3v) is 7.50. The van der Waals surface area contributed by atoms with E-state index in [0.29, 0.717) is 22.4 Å². The van der Waals surface area contributed by atoms with Gasteiger partial charge in [-0.05, 0) is 55.2 Å². The zero-order valence-corrected chi connectivity index (χ0v) is 21.1. The number of fused-ring (bicyclic) bond motifs is 2. The monoisotopic (exact) mass is 489 g/mol. The number of ether oxygens (including phenoxy) is 1. The minimum atomic E-state index is -0.571. The summed E-state index contributed by atoms with van der Waals surface area (Å²) in [6.07, 6.45) is 3.57. The Morgan fingerprint density at radius 3 is 2.69 bits per heavy atom. The van der Waals surface area contributed by atoms with E-state index in [9.17, 15) is 19.7 Å². The highest BCUT2D eigenvalue weighted by molar-refractivity contribution is 6.06. The molecule has 8 nitrogen and oxygen atoms in total. The molecule has 0 saturated carbocycles. The van der Waals surface area contributed by atoms with E-state index >= 15 is 0 Å². The van der Waals surface area contributed by atoms with Crippen LogP contribution in [0.5, 0.6) is 0 Å². The predicted octanol–water partition coefficient (Wildman–Crippen LogP) is 5.79. The molecule has 188 valence electrons. The van der Waals surface area contributed by atoms with Crippen molar-refractivity contribution in [2.45, 2.75) is 53.4 Å². The Morgan fingerprint density at radius 1 is 1.22 bits per heavy atom. The number of nitrogens with zero attached hydrogens (tertiary/aromatic N) is 2. The third-order valence-electron chi connectivity index (χ3n) is 7.50. The fraction of sp³-hybridized carbons (Fsp3) is 0.393. The number of rotatable bonds is 7. The van der Waals surface area contributed by atoms with Crippen LogP contribution in [0.1, 0.15) is 60.8 Å². The molecule has 2 aromatic carbocycles. The van der Waals surface area contributed by atoms with Crippen molar-refractivity contribution in [3.63, 3.8) is 0 Å². The molecule has 36 heavy (non-hydrogen) atoms. The van der Waals surface area contributed by atoms with Crippen molar-refractivity contribution in [1.29, 1.82) is 0 Å². The lowest BCUT2D eigenvalue weighted by atomic mass is 9.68. The normalized spacial score (nSPS) is 15.3. The quantitative estimate of drug-likeness (QED) is 0.255. The van der Waals surface area contributed by atoms with Crippen molar-refractivity contribution in [2.24, 2.45) is 11.3 Å². The van der Waals surface area contributed by atoms with Gasteiger partial charge < -0.3 is 10.1 Å². The Labute approximate surface area is 210 Å². The summed E-state index contributed by atoms with van der Waals surface area (Å²) < 4.78 is 5.47. The first-order valence-corrected chi connectivity index (χ1v) is 12.2. The number of pyridine rings is 1. The number of aryl methyl sites for hydroxylation is 2. The molecule has 1 amide bonds. The van der Waals surface area contributed by atoms with E-state index in [1.807, 2.05) is 24.3 Å². The van der Waals surface area contributed by atoms with Gasteiger partial charge in [-0.3, -0.25) is 19.9 Å². The zero-order valence-electron chi connectivity index (χ0n) is 21.1. The molecule has 0 bridgehead atoms. The fourth-order valence-corrected chi connectivity index (χ4v) is 4.86. The van der Waals surface area contributed by atoms with Gasteiger partial charge in [0.1, 0.15) is 0 Å². The molecule has 0 aliphatic heterocycles. The molecule has 0 fully saturated rings. The highest BCUT2D eigenvalue weighted by Gasteiger charge is 2.34. The molecule has 1 aliphatic rings. The molecule has 0 spiro atoms. The standard InChI is InChI=1S/C28H31N3O5/c1-5-28(3,4)18-11-13-23-21(14-18)26(20-8-6-7-9-22(20)30-23)27(33)36-16-25(32)29-19-12-10-17(2)24(15-19)31(34)35/h6-10,12,15,18H,5,11,13-14,16H2,1-4H3,(H,29,32). The molecule has 1 atom stereocenters. The van der Waals surface area contributed by atoms with Crippen LogP contribution in [0.4, 0.5) is 11.4 Å². The molecule has 1 unspecified atom stereocenters. The summed E-state index contributed by atoms with van der Waals surface area (Å²) in [5, 5.41) is 14.5. The van der Waals surface area contributed by atoms with Gasteiger partial charge in [0.25, 0.3) is 11.6 Å². The fourth-order valence-electron chi connectivity index (χ4n) is 4.86. The summed E-state index contributed by atoms with van der Waals surface area (Å²) in [7, 11) is 0. The van der Waals surface area contributed by atoms with Crippen LogP contribution in [0.25, 0.3) is 10.9 Å². The third kappa shape index (κ3) is 5.08. The number of nitro benzene ring substituents is 1. The molecule has 0 radical (unpaired) electrons. The van der Waals surface area contributed by atoms with Gasteiger partial charge in [-0.25, -0.2) is 4.79 Å². The molecule has 1 aromatic heterocycles. The smallest absolute Gasteiger partial charge is 0.339 e. The lowest BCUT2D eigenvalue weighted by Gasteiger charge is -2.37. The molecular formula is C28H31N3O5. The van der Waals surface area contributed by atoms with Crippen LogP contribution < -0.4 is 5.32 Å². The first-order valence-electron chi connectivity index (χ1n) is 12.2. The summed E-state index contributed by atoms with van der Waals surface area (Å²) in [5.41, 5.74) is 3.82. The van der Waals surface area contributed by atoms with Gasteiger partial charge >= 0.3 is 5.97 Å². The number of hydrogen-bond acceptors (Lipinski definition) is 6. The van der Waals surface area contributed by atoms with E-state index in [4.69, 9.17) is 9.72 Å². The average molecular weight is 490 g/mol. The number of amides is 1. The summed E-state index contributed by atoms with van der Waals surface area (Å²) in [6.45, 7) is 7.82. The first kappa shape index (κ1) is 25.3. The minimum absolute atomic E-state index is 0.0933. The highest BCUT2D eigenvalue weighted by atomic mass is 16.6. The number of nitro groups is 1. The van der Waals surface area contributed by atoms with Crippen molar-refractivity contribution in [3.05, 3.63) is 75.0 Å². The maximum Gasteiger partial charge on any atom is 0.339 e. The Morgan fingerprint density at radius 2 is 1.97 bits per heavy atom. The molecule has 3 aromatic rings. The summed E-state index contributed by atoms with van der Waals surface area (Å²) in [4.78, 5) is 41.4. The van der Waals surface area contributed by atoms with Crippen LogP contribution in [0.3, 0.4) is 0 Å². The molecule has 4 rings (SSSR count). The van der Waals surface area contributed by atoms with E-state index < -0.39 is 23.4 Å². The SMILES string of the molecule is CCC(C)(C)C1CCc2nc3ccccc3c(C(=O)OCC(=O)Nc3ccc(C)c([N+](=O)[O-])c3)c2C1. The van der Waals surface area contributed by atoms with E-state index in [-0.39, 0.29) is 16.8 Å². The summed E-state index contributed by atoms with van der Waals surface area (Å²) in [5.74, 6) is -0.728. The Kier molecular flexibility index (Phi) is 7.06. The van der Waals surface area contributed by atoms with Gasteiger partial charge in [0.2, 0.25) is 0 Å². The van der Waals surface area contributed by atoms with Crippen molar-refractivity contribution in [3.8, 4) is 0 Å². The van der Waals surface area contributed by atoms with Crippen LogP contribution in [0.15, 0.2) is 42.5 Å². The lowest BCUT2D eigenvalue weighted by Crippen LogP contribution is -2.31. The maximum absolute atomic E-state index is 13.4. The van der Waals surface area contributed by atoms with Gasteiger partial charge in [-0.2, -0.15) is 0 Å². The van der Waals surface area contributed by atoms with Crippen molar-refractivity contribution in [2.75, 3.05) is 11.9 Å². The molecule has 1 N–H and O–H groups in total. The number of nitrogens with one attached hydrogen (secondary N) is 1. The Balaban J connectivity index is 1.57. The Hall–Kier alpha value is -3.81. The predicted molar refractivity (Wildman–Crippen MR) is 138 cm³/mol. The largest absolute Gasteiger partial charge is 0.452 e. The summed E-state index contributed by atoms with van der Waals surface area (Å²) >= 11 is 0. The second-order valence-electron chi connectivity index (χ2n) is 10.1. The van der Waals surface area contributed by atoms with Gasteiger partial charge in [-0.1, -0.05) is 51.5 Å². The molecule has 1 heterocycles. The van der Waals surface area contributed by atoms with Gasteiger partial charge in [0.05, 0.1) is 16.0 Å². The van der Waals surface area contributed by atoms with Crippen molar-refractivity contribution in [1.82, 2.24) is 4.98 Å². The number of para-hydroxylation sites is 1. The number of aromatic nitrogens is 1. The van der Waals surface area contributed by atoms with Crippen molar-refractivity contribution < 1.29 is 19.2 Å². The maximum atomic E-state index is 13.4. The van der Waals surface area contributed by atoms with E-state index in [1.54, 1.807) is 19.1 Å². The summed E-state index contributed by atoms with van der Waals surface area (Å²) in [6, 6.07) is 11.9. The van der Waals surface area contributed by atoms with Crippen LogP contribution >= 0.6 is 0 Å². The number of carbonyl (C=O) groups is 2. The average Bonchev–Trinajstić information content (AvgIpc) is 2.86. The number of esters is 1. The highest BCUT2D eigenvalue weighted by Crippen LogP contribution is 2.41. The van der Waals surface area contributed by atoms with E-state index in [2.05, 4.69) is 26.1 Å². The number of carbonyl (C=O) groups excluding carboxylic acids is 2. The van der Waals surface area contributed by atoms with Gasteiger partial charge in [-0.15, -0.1) is 0 Å². The number of benzene rings is 2.